The zero-order valence-corrected chi connectivity index (χ0v) is 8.93. The van der Waals surface area contributed by atoms with Gasteiger partial charge in [0.05, 0.1) is 52.2 Å². The van der Waals surface area contributed by atoms with E-state index in [0.717, 1.165) is 0 Å². The molecule has 0 radical (unpaired) electrons. The quantitative estimate of drug-likeness (QED) is 0.432. The van der Waals surface area contributed by atoms with Crippen LogP contribution in [-0.4, -0.2) is 49.9 Å². The molecule has 0 atom stereocenters. The lowest BCUT2D eigenvalue weighted by Gasteiger charge is -2.01. The Labute approximate surface area is 90.6 Å². The first kappa shape index (κ1) is 16.5. The van der Waals surface area contributed by atoms with Crippen LogP contribution in [0.25, 0.3) is 0 Å². The van der Waals surface area contributed by atoms with E-state index < -0.39 is 0 Å². The van der Waals surface area contributed by atoms with Gasteiger partial charge in [0.2, 0.25) is 0 Å². The third kappa shape index (κ3) is 24.6. The minimum absolute atomic E-state index is 0.0417. The molecule has 0 aromatic rings. The summed E-state index contributed by atoms with van der Waals surface area (Å²) in [5.74, 6) is 0. The maximum absolute atomic E-state index is 8.26. The largest absolute Gasteiger partial charge is 0.474 e. The number of hydrogen-bond acceptors (Lipinski definition) is 5. The van der Waals surface area contributed by atoms with Gasteiger partial charge in [0.1, 0.15) is 0 Å². The number of aliphatic hydroxyl groups excluding tert-OH is 2. The molecule has 0 rings (SSSR count). The van der Waals surface area contributed by atoms with Crippen molar-refractivity contribution in [1.82, 2.24) is 0 Å². The van der Waals surface area contributed by atoms with Gasteiger partial charge in [0, 0.05) is 0 Å². The van der Waals surface area contributed by atoms with Crippen LogP contribution in [0.2, 0.25) is 0 Å². The third-order valence-electron chi connectivity index (χ3n) is 1.04. The highest BCUT2D eigenvalue weighted by Crippen LogP contribution is 1.76. The molecule has 0 bridgehead atoms. The van der Waals surface area contributed by atoms with Gasteiger partial charge >= 0.3 is 0 Å². The van der Waals surface area contributed by atoms with Crippen molar-refractivity contribution in [3.63, 3.8) is 0 Å². The van der Waals surface area contributed by atoms with E-state index in [-0.39, 0.29) is 13.2 Å². The van der Waals surface area contributed by atoms with Gasteiger partial charge in [-0.05, 0) is 0 Å². The summed E-state index contributed by atoms with van der Waals surface area (Å²) >= 11 is 0. The first-order valence-electron chi connectivity index (χ1n) is 4.58. The van der Waals surface area contributed by atoms with Crippen molar-refractivity contribution >= 4 is 0 Å². The van der Waals surface area contributed by atoms with Crippen LogP contribution >= 0.6 is 0 Å². The monoisotopic (exact) mass is 220 g/mol. The first-order valence-corrected chi connectivity index (χ1v) is 4.58. The van der Waals surface area contributed by atoms with E-state index in [2.05, 4.69) is 17.9 Å². The minimum atomic E-state index is 0.0417. The molecule has 90 valence electrons. The van der Waals surface area contributed by atoms with Gasteiger partial charge in [-0.1, -0.05) is 13.2 Å². The van der Waals surface area contributed by atoms with Crippen molar-refractivity contribution in [1.29, 1.82) is 0 Å². The van der Waals surface area contributed by atoms with Gasteiger partial charge in [0.25, 0.3) is 0 Å². The summed E-state index contributed by atoms with van der Waals surface area (Å²) in [7, 11) is 0. The Kier molecular flexibility index (Phi) is 20.8. The first-order chi connectivity index (χ1) is 7.33. The fourth-order valence-electron chi connectivity index (χ4n) is 0.519. The maximum Gasteiger partial charge on any atom is 0.0829 e. The summed E-state index contributed by atoms with van der Waals surface area (Å²) in [6.45, 7) is 8.24. The molecule has 0 unspecified atom stereocenters. The highest BCUT2D eigenvalue weighted by atomic mass is 16.5. The van der Waals surface area contributed by atoms with Crippen LogP contribution in [0.3, 0.4) is 0 Å². The molecule has 15 heavy (non-hydrogen) atoms. The molecule has 2 N–H and O–H groups in total. The average molecular weight is 220 g/mol. The lowest BCUT2D eigenvalue weighted by molar-refractivity contribution is 0.0222. The van der Waals surface area contributed by atoms with Crippen LogP contribution in [0.1, 0.15) is 0 Å². The fraction of sp³-hybridized carbons (Fsp3) is 0.600. The van der Waals surface area contributed by atoms with Crippen molar-refractivity contribution in [3.8, 4) is 0 Å². The van der Waals surface area contributed by atoms with E-state index in [0.29, 0.717) is 26.4 Å². The number of aliphatic hydroxyl groups is 2. The maximum atomic E-state index is 8.26. The predicted octanol–water partition coefficient (Wildman–Crippen LogP) is 0.294. The topological polar surface area (TPSA) is 68.2 Å². The standard InChI is InChI=1S/C6H14O4.C4H6O/c7-1-3-9-5-6-10-4-2-8;1-3-5-4-2/h7-8H,1-6H2;3-4H,1-2H2. The minimum Gasteiger partial charge on any atom is -0.474 e. The van der Waals surface area contributed by atoms with Crippen molar-refractivity contribution in [3.05, 3.63) is 25.7 Å². The summed E-state index contributed by atoms with van der Waals surface area (Å²) in [4.78, 5) is 0. The molecule has 0 spiro atoms. The van der Waals surface area contributed by atoms with Crippen LogP contribution in [0, 0.1) is 0 Å². The molecule has 0 saturated carbocycles. The van der Waals surface area contributed by atoms with Gasteiger partial charge in [-0.3, -0.25) is 0 Å². The van der Waals surface area contributed by atoms with Crippen molar-refractivity contribution in [2.45, 2.75) is 0 Å². The summed E-state index contributed by atoms with van der Waals surface area (Å²) in [6, 6.07) is 0. The lowest BCUT2D eigenvalue weighted by Crippen LogP contribution is -2.09. The molecule has 0 amide bonds. The van der Waals surface area contributed by atoms with Gasteiger partial charge in [-0.2, -0.15) is 0 Å². The Balaban J connectivity index is 0. The summed E-state index contributed by atoms with van der Waals surface area (Å²) < 4.78 is 14.1. The zero-order chi connectivity index (χ0) is 11.8. The van der Waals surface area contributed by atoms with Crippen LogP contribution in [0.5, 0.6) is 0 Å². The van der Waals surface area contributed by atoms with Gasteiger partial charge in [-0.15, -0.1) is 0 Å². The number of hydrogen-bond donors (Lipinski definition) is 2. The van der Waals surface area contributed by atoms with E-state index in [1.54, 1.807) is 0 Å². The number of ether oxygens (including phenoxy) is 3. The summed E-state index contributed by atoms with van der Waals surface area (Å²) in [6.07, 6.45) is 2.62. The molecule has 0 heterocycles. The predicted molar refractivity (Wildman–Crippen MR) is 57.3 cm³/mol. The Bertz CT molecular complexity index is 113. The molecule has 5 nitrogen and oxygen atoms in total. The number of rotatable bonds is 9. The third-order valence-corrected chi connectivity index (χ3v) is 1.04. The van der Waals surface area contributed by atoms with E-state index >= 15 is 0 Å². The molecule has 0 aliphatic heterocycles. The molecular weight excluding hydrogens is 200 g/mol. The zero-order valence-electron chi connectivity index (χ0n) is 8.93. The van der Waals surface area contributed by atoms with Crippen LogP contribution in [0.15, 0.2) is 25.7 Å². The van der Waals surface area contributed by atoms with E-state index in [9.17, 15) is 0 Å². The molecule has 0 aliphatic rings. The Hall–Kier alpha value is -0.880. The van der Waals surface area contributed by atoms with Gasteiger partial charge in [0.15, 0.2) is 0 Å². The van der Waals surface area contributed by atoms with Crippen LogP contribution in [-0.2, 0) is 14.2 Å². The molecule has 0 aliphatic carbocycles. The fourth-order valence-corrected chi connectivity index (χ4v) is 0.519. The van der Waals surface area contributed by atoms with Crippen molar-refractivity contribution in [2.24, 2.45) is 0 Å². The van der Waals surface area contributed by atoms with Crippen LogP contribution < -0.4 is 0 Å². The molecular formula is C10H20O5. The average Bonchev–Trinajstić information content (AvgIpc) is 2.25. The van der Waals surface area contributed by atoms with Crippen molar-refractivity contribution < 1.29 is 24.4 Å². The molecule has 0 saturated heterocycles. The Morgan fingerprint density at radius 1 is 0.800 bits per heavy atom. The van der Waals surface area contributed by atoms with Gasteiger partial charge < -0.3 is 24.4 Å². The molecule has 0 aromatic heterocycles. The van der Waals surface area contributed by atoms with E-state index in [1.807, 2.05) is 0 Å². The highest BCUT2D eigenvalue weighted by Gasteiger charge is 1.86. The van der Waals surface area contributed by atoms with E-state index in [4.69, 9.17) is 19.7 Å². The molecule has 0 aromatic carbocycles. The van der Waals surface area contributed by atoms with Crippen molar-refractivity contribution in [2.75, 3.05) is 39.6 Å². The van der Waals surface area contributed by atoms with Crippen LogP contribution in [0.4, 0.5) is 0 Å². The lowest BCUT2D eigenvalue weighted by atomic mass is 10.7. The second-order valence-corrected chi connectivity index (χ2v) is 2.14. The smallest absolute Gasteiger partial charge is 0.0829 e. The second kappa shape index (κ2) is 18.8. The normalized spacial score (nSPS) is 8.67. The molecule has 5 heteroatoms. The highest BCUT2D eigenvalue weighted by molar-refractivity contribution is 4.57. The Morgan fingerprint density at radius 3 is 1.40 bits per heavy atom. The van der Waals surface area contributed by atoms with E-state index in [1.165, 1.54) is 12.5 Å². The summed E-state index contributed by atoms with van der Waals surface area (Å²) in [5.41, 5.74) is 0. The molecule has 0 fully saturated rings. The Morgan fingerprint density at radius 2 is 1.20 bits per heavy atom. The summed E-state index contributed by atoms with van der Waals surface area (Å²) in [5, 5.41) is 16.5. The van der Waals surface area contributed by atoms with Gasteiger partial charge in [-0.25, -0.2) is 0 Å². The second-order valence-electron chi connectivity index (χ2n) is 2.14. The SMILES string of the molecule is C=COC=C.OCCOCCOCCO.